The number of carbonyl (C=O) groups is 3. The van der Waals surface area contributed by atoms with Crippen LogP contribution in [0.1, 0.15) is 118 Å². The van der Waals surface area contributed by atoms with Crippen molar-refractivity contribution in [1.29, 1.82) is 0 Å². The third kappa shape index (κ3) is 17.4. The van der Waals surface area contributed by atoms with Crippen molar-refractivity contribution in [3.63, 3.8) is 0 Å². The van der Waals surface area contributed by atoms with Crippen LogP contribution < -0.4 is 0 Å². The lowest BCUT2D eigenvalue weighted by molar-refractivity contribution is 0.0842. The molecule has 9 heterocycles. The number of imidazole rings is 3. The van der Waals surface area contributed by atoms with Crippen molar-refractivity contribution in [3.05, 3.63) is 113 Å². The van der Waals surface area contributed by atoms with E-state index in [1.165, 1.54) is 0 Å². The van der Waals surface area contributed by atoms with E-state index in [9.17, 15) is 14.4 Å². The maximum atomic E-state index is 13.1. The molecule has 0 aromatic carbocycles. The minimum atomic E-state index is -1.16. The smallest absolute Gasteiger partial charge is 0.171 e. The molecule has 436 valence electrons. The van der Waals surface area contributed by atoms with E-state index < -0.39 is 32.4 Å². The number of rotatable bonds is 15. The van der Waals surface area contributed by atoms with Crippen LogP contribution in [0.2, 0.25) is 51.4 Å². The summed E-state index contributed by atoms with van der Waals surface area (Å²) in [7, 11) is -2.27. The number of carbonyl (C=O) groups excluding carboxylic acids is 3. The first-order chi connectivity index (χ1) is 37.2. The first-order valence-corrected chi connectivity index (χ1v) is 34.9. The number of hydrogen-bond donors (Lipinski definition) is 2. The maximum Gasteiger partial charge on any atom is 0.171 e. The Kier molecular flexibility index (Phi) is 21.3. The second-order valence-corrected chi connectivity index (χ2v) is 37.3. The summed E-state index contributed by atoms with van der Waals surface area (Å²) < 4.78 is 19.8. The first-order valence-electron chi connectivity index (χ1n) is 26.7. The zero-order chi connectivity index (χ0) is 59.1. The number of H-pyrrole nitrogens is 2. The van der Waals surface area contributed by atoms with Gasteiger partial charge in [0, 0.05) is 101 Å². The van der Waals surface area contributed by atoms with Crippen LogP contribution in [0.4, 0.5) is 0 Å². The summed E-state index contributed by atoms with van der Waals surface area (Å²) in [5.74, 6) is 4.04. The molecular weight excluding hydrogens is 1120 g/mol. The number of hydrogen-bond acceptors (Lipinski definition) is 14. The third-order valence-electron chi connectivity index (χ3n) is 12.5. The quantitative estimate of drug-likeness (QED) is 0.0552. The molecule has 0 atom stereocenters. The van der Waals surface area contributed by atoms with Gasteiger partial charge in [-0.25, -0.2) is 44.9 Å². The molecule has 0 saturated heterocycles. The van der Waals surface area contributed by atoms with Crippen LogP contribution >= 0.6 is 15.9 Å². The number of ketones is 3. The normalized spacial score (nSPS) is 12.1. The summed E-state index contributed by atoms with van der Waals surface area (Å²) in [5.41, 5.74) is 4.08. The fraction of sp³-hybridized carbons (Fsp3) is 0.483. The van der Waals surface area contributed by atoms with Crippen molar-refractivity contribution < 1.29 is 23.9 Å². The Hall–Kier alpha value is -6.67. The van der Waals surface area contributed by atoms with Crippen molar-refractivity contribution in [2.24, 2.45) is 16.2 Å². The number of ether oxygens (including phenoxy) is 2. The molecule has 9 aromatic heterocycles. The van der Waals surface area contributed by atoms with Gasteiger partial charge in [0.2, 0.25) is 0 Å². The van der Waals surface area contributed by atoms with Crippen molar-refractivity contribution in [2.45, 2.75) is 155 Å². The van der Waals surface area contributed by atoms with Crippen LogP contribution in [0.3, 0.4) is 0 Å². The molecule has 0 aliphatic carbocycles. The molecule has 0 bridgehead atoms. The van der Waals surface area contributed by atoms with Gasteiger partial charge in [-0.15, -0.1) is 0 Å². The Morgan fingerprint density at radius 2 is 0.988 bits per heavy atom. The van der Waals surface area contributed by atoms with E-state index in [1.54, 1.807) is 49.6 Å². The molecule has 0 aliphatic rings. The number of nitrogens with one attached hydrogen (secondary N) is 2. The number of fused-ring (bicyclic) bond motifs is 3. The van der Waals surface area contributed by atoms with Gasteiger partial charge in [0.25, 0.3) is 0 Å². The van der Waals surface area contributed by atoms with Gasteiger partial charge in [-0.1, -0.05) is 109 Å². The highest BCUT2D eigenvalue weighted by Gasteiger charge is 2.30. The summed E-state index contributed by atoms with van der Waals surface area (Å²) in [6.07, 6.45) is 21.0. The lowest BCUT2D eigenvalue weighted by Gasteiger charge is -2.16. The van der Waals surface area contributed by atoms with E-state index in [-0.39, 0.29) is 24.8 Å². The van der Waals surface area contributed by atoms with E-state index >= 15 is 0 Å². The zero-order valence-corrected chi connectivity index (χ0v) is 53.5. The molecule has 2 N–H and O–H groups in total. The van der Waals surface area contributed by atoms with E-state index in [2.05, 4.69) is 105 Å². The predicted molar refractivity (Wildman–Crippen MR) is 330 cm³/mol. The Labute approximate surface area is 487 Å². The minimum Gasteiger partial charge on any atom is -0.361 e. The average molecular weight is 1210 g/mol. The van der Waals surface area contributed by atoms with Gasteiger partial charge < -0.3 is 28.6 Å². The van der Waals surface area contributed by atoms with Crippen LogP contribution in [0.25, 0.3) is 45.1 Å². The molecule has 0 radical (unpaired) electrons. The molecule has 0 spiro atoms. The van der Waals surface area contributed by atoms with E-state index in [1.807, 2.05) is 126 Å². The van der Waals surface area contributed by atoms with Crippen LogP contribution in [0.15, 0.2) is 79.0 Å². The first kappa shape index (κ1) is 65.1. The topological polar surface area (TPSA) is 237 Å². The van der Waals surface area contributed by atoms with E-state index in [4.69, 9.17) is 14.5 Å². The molecule has 0 fully saturated rings. The van der Waals surface area contributed by atoms with Gasteiger partial charge in [0.15, 0.2) is 45.9 Å². The molecule has 9 rings (SSSR count). The molecular formula is C58H84BrN15O5Si2. The lowest BCUT2D eigenvalue weighted by atomic mass is 9.87. The summed E-state index contributed by atoms with van der Waals surface area (Å²) >= 11 is 3.34. The Balaban J connectivity index is 0.000000212. The Morgan fingerprint density at radius 1 is 0.556 bits per heavy atom. The standard InChI is InChI=1S/C21H31N5O2Si.C17H26BrN3O2Si.C15H17N5O.C4H6N2.CH4/c1-15-22-8-9-26(15)17-12-23-20-18(24-17)16(19(27)21(2,3)4)13-25(20)14-28-10-11-29(5,6)7;1-17(2,3)15(22)12-10-21(11-23-7-8-24(4,5)6)16-14(12)20-13(18)9-19-16;1-9-16-5-6-20(9)11-8-18-14-12(19-11)10(7-17-14)13(21)15(2,3)4;1-4-5-2-3-6-4;/h8-9,12-13H,10-11,14H2,1-7H3;9-10H,7-8,11H2,1-6H3;5-8H,1-4H3,(H,17,18);2-3H,1H3,(H,5,6);1H4. The summed E-state index contributed by atoms with van der Waals surface area (Å²) in [6, 6.07) is 2.20. The zero-order valence-electron chi connectivity index (χ0n) is 49.9. The summed E-state index contributed by atoms with van der Waals surface area (Å²) in [6.45, 7) is 39.0. The molecule has 23 heteroatoms. The fourth-order valence-electron chi connectivity index (χ4n) is 7.77. The molecule has 0 saturated carbocycles. The lowest BCUT2D eigenvalue weighted by Crippen LogP contribution is -2.22. The average Bonchev–Trinajstić information content (AvgIpc) is 4.27. The van der Waals surface area contributed by atoms with Crippen LogP contribution in [0, 0.1) is 37.0 Å². The minimum absolute atomic E-state index is 0. The highest BCUT2D eigenvalue weighted by molar-refractivity contribution is 9.10. The van der Waals surface area contributed by atoms with Gasteiger partial charge in [-0.2, -0.15) is 0 Å². The van der Waals surface area contributed by atoms with Gasteiger partial charge in [0.1, 0.15) is 52.1 Å². The summed E-state index contributed by atoms with van der Waals surface area (Å²) in [5, 5.41) is 0. The summed E-state index contributed by atoms with van der Waals surface area (Å²) in [4.78, 5) is 83.7. The van der Waals surface area contributed by atoms with Crippen molar-refractivity contribution in [3.8, 4) is 11.6 Å². The number of aromatic amines is 2. The molecule has 0 amide bonds. The SMILES string of the molecule is C.CC(C)(C)C(=O)c1cn(COCC[Si](C)(C)C)c2ncc(Br)nc12.Cc1ncc[nH]1.Cc1nccn1-c1cnc2[nH]cc(C(=O)C(C)(C)C)c2n1.Cc1nccn1-c1cnc2c(n1)c(C(=O)C(C)(C)C)cn2COCC[Si](C)(C)C. The number of Topliss-reactive ketones (excluding diaryl/α,β-unsaturated/α-hetero) is 3. The van der Waals surface area contributed by atoms with E-state index in [0.29, 0.717) is 86.5 Å². The van der Waals surface area contributed by atoms with Crippen LogP contribution in [-0.4, -0.2) is 120 Å². The van der Waals surface area contributed by atoms with Crippen molar-refractivity contribution in [1.82, 2.24) is 73.1 Å². The number of aryl methyl sites for hydroxylation is 3. The highest BCUT2D eigenvalue weighted by Crippen LogP contribution is 2.30. The van der Waals surface area contributed by atoms with Gasteiger partial charge in [-0.05, 0) is 48.8 Å². The van der Waals surface area contributed by atoms with Gasteiger partial charge in [0.05, 0.1) is 35.3 Å². The monoisotopic (exact) mass is 1210 g/mol. The Bertz CT molecular complexity index is 3560. The number of nitrogens with zero attached hydrogens (tertiary/aromatic N) is 13. The molecule has 81 heavy (non-hydrogen) atoms. The van der Waals surface area contributed by atoms with E-state index in [0.717, 1.165) is 36.2 Å². The van der Waals surface area contributed by atoms with Gasteiger partial charge in [-0.3, -0.25) is 23.5 Å². The third-order valence-corrected chi connectivity index (χ3v) is 16.3. The van der Waals surface area contributed by atoms with Crippen LogP contribution in [-0.2, 0) is 22.9 Å². The van der Waals surface area contributed by atoms with Crippen molar-refractivity contribution >= 4 is 82.9 Å². The predicted octanol–water partition coefficient (Wildman–Crippen LogP) is 13.2. The van der Waals surface area contributed by atoms with Crippen molar-refractivity contribution in [2.75, 3.05) is 13.2 Å². The Morgan fingerprint density at radius 3 is 1.38 bits per heavy atom. The second-order valence-electron chi connectivity index (χ2n) is 25.2. The molecule has 0 unspecified atom stereocenters. The van der Waals surface area contributed by atoms with Crippen LogP contribution in [0.5, 0.6) is 0 Å². The molecule has 9 aromatic rings. The largest absolute Gasteiger partial charge is 0.361 e. The fourth-order valence-corrected chi connectivity index (χ4v) is 9.56. The molecule has 0 aliphatic heterocycles. The molecule has 20 nitrogen and oxygen atoms in total. The highest BCUT2D eigenvalue weighted by atomic mass is 79.9. The number of aromatic nitrogens is 15. The number of halogens is 1. The van der Waals surface area contributed by atoms with Gasteiger partial charge >= 0.3 is 0 Å². The second kappa shape index (κ2) is 26.5. The maximum absolute atomic E-state index is 13.1.